The van der Waals surface area contributed by atoms with E-state index in [1.165, 1.54) is 38.3 Å². The van der Waals surface area contributed by atoms with E-state index >= 15 is 0 Å². The van der Waals surface area contributed by atoms with E-state index in [0.717, 1.165) is 4.90 Å². The highest BCUT2D eigenvalue weighted by Gasteiger charge is 2.46. The number of esters is 2. The van der Waals surface area contributed by atoms with Crippen LogP contribution < -0.4 is 4.74 Å². The van der Waals surface area contributed by atoms with Gasteiger partial charge in [-0.25, -0.2) is 4.79 Å². The summed E-state index contributed by atoms with van der Waals surface area (Å²) < 4.78 is 9.84. The van der Waals surface area contributed by atoms with Crippen molar-refractivity contribution in [2.24, 2.45) is 0 Å². The third-order valence-electron chi connectivity index (χ3n) is 4.35. The lowest BCUT2D eigenvalue weighted by Crippen LogP contribution is -2.47. The standard InChI is InChI=1S/C20H15BrClNO6/c1-10(24)29-15-8-7-11(9-14(15)22)16(21)17(20(27)28-2)23-18(25)12-5-3-4-6-13(12)19(23)26/h3-9,16-17H,1-2H3/t16?,17-/m0/s1. The Labute approximate surface area is 179 Å². The maximum absolute atomic E-state index is 12.8. The van der Waals surface area contributed by atoms with Crippen LogP contribution in [0.1, 0.15) is 38.0 Å². The molecule has 0 saturated carbocycles. The molecule has 2 aromatic carbocycles. The molecule has 29 heavy (non-hydrogen) atoms. The SMILES string of the molecule is COC(=O)[C@H](C(Br)c1ccc(OC(C)=O)c(Cl)c1)N1C(=O)c2ccccc2C1=O. The summed E-state index contributed by atoms with van der Waals surface area (Å²) in [5, 5.41) is 0.133. The highest BCUT2D eigenvalue weighted by Crippen LogP contribution is 2.38. The number of carbonyl (C=O) groups is 4. The number of methoxy groups -OCH3 is 1. The van der Waals surface area contributed by atoms with Crippen LogP contribution in [-0.4, -0.2) is 41.8 Å². The second kappa shape index (κ2) is 8.34. The minimum Gasteiger partial charge on any atom is -0.467 e. The first-order chi connectivity index (χ1) is 13.8. The maximum Gasteiger partial charge on any atom is 0.330 e. The van der Waals surface area contributed by atoms with Gasteiger partial charge in [-0.1, -0.05) is 45.7 Å². The van der Waals surface area contributed by atoms with Gasteiger partial charge in [0.05, 0.1) is 28.1 Å². The Morgan fingerprint density at radius 1 is 1.07 bits per heavy atom. The lowest BCUT2D eigenvalue weighted by Gasteiger charge is -2.28. The number of amides is 2. The van der Waals surface area contributed by atoms with Crippen molar-refractivity contribution in [2.45, 2.75) is 17.8 Å². The molecule has 2 aromatic rings. The number of alkyl halides is 1. The number of carbonyl (C=O) groups excluding carboxylic acids is 4. The highest BCUT2D eigenvalue weighted by atomic mass is 79.9. The fraction of sp³-hybridized carbons (Fsp3) is 0.200. The summed E-state index contributed by atoms with van der Waals surface area (Å²) in [5.74, 6) is -2.34. The lowest BCUT2D eigenvalue weighted by molar-refractivity contribution is -0.145. The average Bonchev–Trinajstić information content (AvgIpc) is 2.94. The number of hydrogen-bond donors (Lipinski definition) is 0. The number of nitrogens with zero attached hydrogens (tertiary/aromatic N) is 1. The molecule has 0 aromatic heterocycles. The second-order valence-electron chi connectivity index (χ2n) is 6.18. The van der Waals surface area contributed by atoms with Crippen molar-refractivity contribution in [3.63, 3.8) is 0 Å². The molecule has 0 spiro atoms. The smallest absolute Gasteiger partial charge is 0.330 e. The Morgan fingerprint density at radius 2 is 1.66 bits per heavy atom. The lowest BCUT2D eigenvalue weighted by atomic mass is 10.0. The van der Waals surface area contributed by atoms with Crippen molar-refractivity contribution in [1.82, 2.24) is 4.90 Å². The molecule has 0 radical (unpaired) electrons. The van der Waals surface area contributed by atoms with Gasteiger partial charge in [-0.05, 0) is 29.8 Å². The van der Waals surface area contributed by atoms with Gasteiger partial charge in [0, 0.05) is 6.92 Å². The Kier molecular flexibility index (Phi) is 6.04. The summed E-state index contributed by atoms with van der Waals surface area (Å²) in [4.78, 5) is 49.4. The van der Waals surface area contributed by atoms with Crippen molar-refractivity contribution in [1.29, 1.82) is 0 Å². The van der Waals surface area contributed by atoms with Crippen LogP contribution >= 0.6 is 27.5 Å². The molecule has 0 saturated heterocycles. The molecule has 0 fully saturated rings. The van der Waals surface area contributed by atoms with Gasteiger partial charge in [-0.15, -0.1) is 0 Å². The first kappa shape index (κ1) is 21.0. The molecular weight excluding hydrogens is 466 g/mol. The second-order valence-corrected chi connectivity index (χ2v) is 7.57. The van der Waals surface area contributed by atoms with Crippen LogP contribution in [-0.2, 0) is 14.3 Å². The Hall–Kier alpha value is -2.71. The molecule has 150 valence electrons. The van der Waals surface area contributed by atoms with E-state index in [0.29, 0.717) is 5.56 Å². The molecule has 9 heteroatoms. The predicted molar refractivity (Wildman–Crippen MR) is 107 cm³/mol. The number of halogens is 2. The van der Waals surface area contributed by atoms with Crippen LogP contribution in [0.5, 0.6) is 5.75 Å². The van der Waals surface area contributed by atoms with Gasteiger partial charge >= 0.3 is 11.9 Å². The van der Waals surface area contributed by atoms with E-state index < -0.39 is 34.6 Å². The minimum atomic E-state index is -1.27. The summed E-state index contributed by atoms with van der Waals surface area (Å²) in [7, 11) is 1.17. The van der Waals surface area contributed by atoms with Crippen LogP contribution in [0, 0.1) is 0 Å². The van der Waals surface area contributed by atoms with Crippen molar-refractivity contribution in [3.8, 4) is 5.75 Å². The van der Waals surface area contributed by atoms with E-state index in [1.54, 1.807) is 18.2 Å². The van der Waals surface area contributed by atoms with E-state index in [1.807, 2.05) is 0 Å². The topological polar surface area (TPSA) is 90.0 Å². The quantitative estimate of drug-likeness (QED) is 0.281. The van der Waals surface area contributed by atoms with Crippen LogP contribution in [0.3, 0.4) is 0 Å². The molecule has 2 amide bonds. The molecule has 1 unspecified atom stereocenters. The number of ether oxygens (including phenoxy) is 2. The monoisotopic (exact) mass is 479 g/mol. The summed E-state index contributed by atoms with van der Waals surface area (Å²) in [5.41, 5.74) is 0.918. The third kappa shape index (κ3) is 3.90. The Morgan fingerprint density at radius 3 is 2.14 bits per heavy atom. The van der Waals surface area contributed by atoms with Crippen molar-refractivity contribution < 1.29 is 28.7 Å². The molecule has 3 rings (SSSR count). The van der Waals surface area contributed by atoms with E-state index in [-0.39, 0.29) is 21.9 Å². The fourth-order valence-corrected chi connectivity index (χ4v) is 4.01. The van der Waals surface area contributed by atoms with Crippen molar-refractivity contribution >= 4 is 51.3 Å². The molecule has 7 nitrogen and oxygen atoms in total. The van der Waals surface area contributed by atoms with E-state index in [4.69, 9.17) is 21.1 Å². The maximum atomic E-state index is 12.8. The van der Waals surface area contributed by atoms with E-state index in [2.05, 4.69) is 15.9 Å². The summed E-state index contributed by atoms with van der Waals surface area (Å²) >= 11 is 9.56. The van der Waals surface area contributed by atoms with Crippen LogP contribution in [0.2, 0.25) is 5.02 Å². The summed E-state index contributed by atoms with van der Waals surface area (Å²) in [6, 6.07) is 9.56. The molecule has 1 heterocycles. The van der Waals surface area contributed by atoms with Gasteiger partial charge in [0.25, 0.3) is 11.8 Å². The highest BCUT2D eigenvalue weighted by molar-refractivity contribution is 9.09. The fourth-order valence-electron chi connectivity index (χ4n) is 3.05. The predicted octanol–water partition coefficient (Wildman–Crippen LogP) is 3.54. The average molecular weight is 481 g/mol. The molecule has 1 aliphatic heterocycles. The third-order valence-corrected chi connectivity index (χ3v) is 5.68. The van der Waals surface area contributed by atoms with Gasteiger partial charge in [-0.2, -0.15) is 0 Å². The number of rotatable bonds is 5. The largest absolute Gasteiger partial charge is 0.467 e. The van der Waals surface area contributed by atoms with Crippen molar-refractivity contribution in [3.05, 3.63) is 64.2 Å². The summed E-state index contributed by atoms with van der Waals surface area (Å²) in [6.07, 6.45) is 0. The number of imide groups is 1. The van der Waals surface area contributed by atoms with Crippen LogP contribution in [0.4, 0.5) is 0 Å². The zero-order chi connectivity index (χ0) is 21.3. The van der Waals surface area contributed by atoms with Gasteiger partial charge in [0.15, 0.2) is 6.04 Å². The van der Waals surface area contributed by atoms with Gasteiger partial charge in [-0.3, -0.25) is 19.3 Å². The van der Waals surface area contributed by atoms with Gasteiger partial charge in [0.1, 0.15) is 5.75 Å². The number of benzene rings is 2. The molecule has 0 bridgehead atoms. The molecule has 0 aliphatic carbocycles. The number of fused-ring (bicyclic) bond motifs is 1. The normalized spacial score (nSPS) is 15.0. The first-order valence-electron chi connectivity index (χ1n) is 8.43. The summed E-state index contributed by atoms with van der Waals surface area (Å²) in [6.45, 7) is 1.24. The zero-order valence-electron chi connectivity index (χ0n) is 15.3. The van der Waals surface area contributed by atoms with Gasteiger partial charge < -0.3 is 9.47 Å². The minimum absolute atomic E-state index is 0.133. The molecule has 2 atom stereocenters. The van der Waals surface area contributed by atoms with Crippen LogP contribution in [0.15, 0.2) is 42.5 Å². The molecule has 1 aliphatic rings. The molecule has 0 N–H and O–H groups in total. The van der Waals surface area contributed by atoms with Crippen molar-refractivity contribution in [2.75, 3.05) is 7.11 Å². The first-order valence-corrected chi connectivity index (χ1v) is 9.72. The Bertz CT molecular complexity index is 989. The molecular formula is C20H15BrClNO6. The number of hydrogen-bond acceptors (Lipinski definition) is 6. The van der Waals surface area contributed by atoms with Crippen LogP contribution in [0.25, 0.3) is 0 Å². The zero-order valence-corrected chi connectivity index (χ0v) is 17.7. The van der Waals surface area contributed by atoms with E-state index in [9.17, 15) is 19.2 Å². The van der Waals surface area contributed by atoms with Gasteiger partial charge in [0.2, 0.25) is 0 Å². The Balaban J connectivity index is 1.99.